The van der Waals surface area contributed by atoms with Gasteiger partial charge in [-0.2, -0.15) is 0 Å². The molecule has 0 bridgehead atoms. The third kappa shape index (κ3) is 4.35. The lowest BCUT2D eigenvalue weighted by atomic mass is 10.1. The topological polar surface area (TPSA) is 70.2 Å². The first kappa shape index (κ1) is 14.5. The van der Waals surface area contributed by atoms with Crippen LogP contribution in [-0.4, -0.2) is 23.9 Å². The van der Waals surface area contributed by atoms with Gasteiger partial charge in [0.2, 0.25) is 11.8 Å². The molecule has 1 aromatic rings. The smallest absolute Gasteiger partial charge is 0.237 e. The van der Waals surface area contributed by atoms with Crippen molar-refractivity contribution in [3.05, 3.63) is 29.8 Å². The summed E-state index contributed by atoms with van der Waals surface area (Å²) in [7, 11) is 0. The summed E-state index contributed by atoms with van der Waals surface area (Å²) in [6.45, 7) is 3.87. The van der Waals surface area contributed by atoms with Crippen molar-refractivity contribution in [2.75, 3.05) is 5.32 Å². The van der Waals surface area contributed by atoms with Gasteiger partial charge in [-0.3, -0.25) is 9.59 Å². The fourth-order valence-corrected chi connectivity index (χ4v) is 1.90. The van der Waals surface area contributed by atoms with Crippen molar-refractivity contribution in [3.8, 4) is 0 Å². The minimum atomic E-state index is -0.249. The van der Waals surface area contributed by atoms with Crippen LogP contribution in [0.5, 0.6) is 0 Å². The summed E-state index contributed by atoms with van der Waals surface area (Å²) >= 11 is 0. The Labute approximate surface area is 119 Å². The average molecular weight is 275 g/mol. The van der Waals surface area contributed by atoms with Crippen molar-refractivity contribution < 1.29 is 9.59 Å². The van der Waals surface area contributed by atoms with Crippen LogP contribution in [0, 0.1) is 0 Å². The lowest BCUT2D eigenvalue weighted by Gasteiger charge is -2.15. The van der Waals surface area contributed by atoms with Crippen LogP contribution in [0.3, 0.4) is 0 Å². The van der Waals surface area contributed by atoms with E-state index < -0.39 is 0 Å². The van der Waals surface area contributed by atoms with E-state index in [9.17, 15) is 9.59 Å². The fourth-order valence-electron chi connectivity index (χ4n) is 1.90. The highest BCUT2D eigenvalue weighted by atomic mass is 16.2. The number of rotatable bonds is 6. The number of benzene rings is 1. The van der Waals surface area contributed by atoms with Crippen molar-refractivity contribution in [3.63, 3.8) is 0 Å². The van der Waals surface area contributed by atoms with Gasteiger partial charge in [0.1, 0.15) is 0 Å². The van der Waals surface area contributed by atoms with E-state index in [2.05, 4.69) is 16.0 Å². The van der Waals surface area contributed by atoms with Crippen LogP contribution in [0.2, 0.25) is 0 Å². The summed E-state index contributed by atoms with van der Waals surface area (Å²) in [4.78, 5) is 23.0. The third-order valence-electron chi connectivity index (χ3n) is 3.24. The molecule has 20 heavy (non-hydrogen) atoms. The molecule has 108 valence electrons. The molecule has 0 spiro atoms. The Bertz CT molecular complexity index is 498. The molecule has 0 heterocycles. The summed E-state index contributed by atoms with van der Waals surface area (Å²) in [6, 6.07) is 7.70. The van der Waals surface area contributed by atoms with E-state index in [0.29, 0.717) is 12.6 Å². The number of nitrogens with one attached hydrogen (secondary N) is 3. The second kappa shape index (κ2) is 6.52. The number of anilines is 1. The number of hydrogen-bond acceptors (Lipinski definition) is 3. The van der Waals surface area contributed by atoms with Crippen LogP contribution in [0.4, 0.5) is 5.69 Å². The molecule has 1 aliphatic carbocycles. The number of amides is 2. The largest absolute Gasteiger partial charge is 0.352 e. The monoisotopic (exact) mass is 275 g/mol. The van der Waals surface area contributed by atoms with Gasteiger partial charge in [0, 0.05) is 25.2 Å². The molecule has 3 N–H and O–H groups in total. The van der Waals surface area contributed by atoms with Gasteiger partial charge in [0.25, 0.3) is 0 Å². The molecule has 0 saturated heterocycles. The fraction of sp³-hybridized carbons (Fsp3) is 0.467. The molecule has 5 heteroatoms. The molecule has 5 nitrogen and oxygen atoms in total. The van der Waals surface area contributed by atoms with E-state index >= 15 is 0 Å². The molecule has 0 radical (unpaired) electrons. The molecule has 1 unspecified atom stereocenters. The van der Waals surface area contributed by atoms with Crippen LogP contribution in [0.1, 0.15) is 32.3 Å². The molecule has 1 atom stereocenters. The Morgan fingerprint density at radius 3 is 2.65 bits per heavy atom. The number of hydrogen-bond donors (Lipinski definition) is 3. The third-order valence-corrected chi connectivity index (χ3v) is 3.24. The van der Waals surface area contributed by atoms with Gasteiger partial charge in [-0.05, 0) is 31.4 Å². The van der Waals surface area contributed by atoms with Crippen molar-refractivity contribution in [2.24, 2.45) is 0 Å². The molecule has 1 aromatic carbocycles. The quantitative estimate of drug-likeness (QED) is 0.735. The van der Waals surface area contributed by atoms with Crippen molar-refractivity contribution in [2.45, 2.75) is 45.3 Å². The molecule has 0 aliphatic heterocycles. The standard InChI is InChI=1S/C15H21N3O2/c1-10(15(20)18-13-7-8-13)16-9-12-5-3-4-6-14(12)17-11(2)19/h3-6,10,13,16H,7-9H2,1-2H3,(H,17,19)(H,18,20). The first-order valence-electron chi connectivity index (χ1n) is 6.95. The summed E-state index contributed by atoms with van der Waals surface area (Å²) in [5.41, 5.74) is 1.75. The minimum absolute atomic E-state index is 0.0320. The molecular weight excluding hydrogens is 254 g/mol. The highest BCUT2D eigenvalue weighted by Gasteiger charge is 2.25. The number of para-hydroxylation sites is 1. The van der Waals surface area contributed by atoms with Crippen LogP contribution >= 0.6 is 0 Å². The van der Waals surface area contributed by atoms with E-state index in [4.69, 9.17) is 0 Å². The van der Waals surface area contributed by atoms with Gasteiger partial charge in [-0.25, -0.2) is 0 Å². The van der Waals surface area contributed by atoms with Gasteiger partial charge in [-0.1, -0.05) is 18.2 Å². The second-order valence-electron chi connectivity index (χ2n) is 5.22. The van der Waals surface area contributed by atoms with Crippen LogP contribution in [0.15, 0.2) is 24.3 Å². The highest BCUT2D eigenvalue weighted by molar-refractivity contribution is 5.89. The molecule has 1 fully saturated rings. The zero-order valence-corrected chi connectivity index (χ0v) is 11.9. The predicted molar refractivity (Wildman–Crippen MR) is 78.2 cm³/mol. The Morgan fingerprint density at radius 1 is 1.30 bits per heavy atom. The van der Waals surface area contributed by atoms with Gasteiger partial charge in [0.05, 0.1) is 6.04 Å². The van der Waals surface area contributed by atoms with Gasteiger partial charge in [0.15, 0.2) is 0 Å². The summed E-state index contributed by atoms with van der Waals surface area (Å²) in [5.74, 6) is -0.0681. The zero-order chi connectivity index (χ0) is 14.5. The summed E-state index contributed by atoms with van der Waals surface area (Å²) in [5, 5.41) is 8.94. The first-order chi connectivity index (χ1) is 9.56. The van der Waals surface area contributed by atoms with E-state index in [1.807, 2.05) is 31.2 Å². The predicted octanol–water partition coefficient (Wildman–Crippen LogP) is 1.40. The Hall–Kier alpha value is -1.88. The van der Waals surface area contributed by atoms with E-state index in [1.54, 1.807) is 0 Å². The minimum Gasteiger partial charge on any atom is -0.352 e. The molecule has 2 rings (SSSR count). The van der Waals surface area contributed by atoms with Gasteiger partial charge >= 0.3 is 0 Å². The zero-order valence-electron chi connectivity index (χ0n) is 11.9. The maximum Gasteiger partial charge on any atom is 0.237 e. The Kier molecular flexibility index (Phi) is 4.74. The highest BCUT2D eigenvalue weighted by Crippen LogP contribution is 2.19. The molecule has 0 aromatic heterocycles. The first-order valence-corrected chi connectivity index (χ1v) is 6.95. The van der Waals surface area contributed by atoms with Crippen LogP contribution in [0.25, 0.3) is 0 Å². The maximum atomic E-state index is 11.8. The summed E-state index contributed by atoms with van der Waals surface area (Å²) in [6.07, 6.45) is 2.17. The second-order valence-corrected chi connectivity index (χ2v) is 5.22. The maximum absolute atomic E-state index is 11.8. The van der Waals surface area contributed by atoms with Crippen LogP contribution in [-0.2, 0) is 16.1 Å². The van der Waals surface area contributed by atoms with E-state index in [0.717, 1.165) is 24.1 Å². The van der Waals surface area contributed by atoms with Crippen molar-refractivity contribution >= 4 is 17.5 Å². The van der Waals surface area contributed by atoms with Gasteiger partial charge < -0.3 is 16.0 Å². The number of carbonyl (C=O) groups is 2. The Morgan fingerprint density at radius 2 is 2.00 bits per heavy atom. The van der Waals surface area contributed by atoms with E-state index in [-0.39, 0.29) is 17.9 Å². The van der Waals surface area contributed by atoms with Gasteiger partial charge in [-0.15, -0.1) is 0 Å². The normalized spacial score (nSPS) is 15.5. The number of carbonyl (C=O) groups excluding carboxylic acids is 2. The average Bonchev–Trinajstić information content (AvgIpc) is 3.20. The van der Waals surface area contributed by atoms with E-state index in [1.165, 1.54) is 6.92 Å². The van der Waals surface area contributed by atoms with Crippen molar-refractivity contribution in [1.29, 1.82) is 0 Å². The van der Waals surface area contributed by atoms with Crippen LogP contribution < -0.4 is 16.0 Å². The Balaban J connectivity index is 1.89. The molecular formula is C15H21N3O2. The molecule has 1 aliphatic rings. The SMILES string of the molecule is CC(=O)Nc1ccccc1CNC(C)C(=O)NC1CC1. The molecule has 2 amide bonds. The summed E-state index contributed by atoms with van der Waals surface area (Å²) < 4.78 is 0. The lowest BCUT2D eigenvalue weighted by molar-refractivity contribution is -0.123. The molecule has 1 saturated carbocycles. The lowest BCUT2D eigenvalue weighted by Crippen LogP contribution is -2.42. The van der Waals surface area contributed by atoms with Crippen molar-refractivity contribution in [1.82, 2.24) is 10.6 Å².